The van der Waals surface area contributed by atoms with Gasteiger partial charge in [-0.2, -0.15) is 0 Å². The van der Waals surface area contributed by atoms with Gasteiger partial charge in [0.2, 0.25) is 0 Å². The predicted octanol–water partition coefficient (Wildman–Crippen LogP) is 3.69. The third-order valence-electron chi connectivity index (χ3n) is 2.03. The van der Waals surface area contributed by atoms with Crippen LogP contribution in [0, 0.1) is 0 Å². The maximum Gasteiger partial charge on any atom is 0.275 e. The summed E-state index contributed by atoms with van der Waals surface area (Å²) in [5.74, 6) is -0.502. The second-order valence-corrected chi connectivity index (χ2v) is 4.41. The number of carbonyl (C=O) groups excluding carboxylic acids is 1. The monoisotopic (exact) mass is 301 g/mol. The number of rotatable bonds is 2. The Hall–Kier alpha value is -1.36. The van der Waals surface area contributed by atoms with Crippen LogP contribution in [0.4, 0.5) is 5.69 Å². The minimum atomic E-state index is -0.502. The highest BCUT2D eigenvalue weighted by Crippen LogP contribution is 2.21. The van der Waals surface area contributed by atoms with Gasteiger partial charge in [0.15, 0.2) is 5.15 Å². The van der Waals surface area contributed by atoms with E-state index in [1.54, 1.807) is 12.1 Å². The number of anilines is 1. The van der Waals surface area contributed by atoms with E-state index in [2.05, 4.69) is 15.3 Å². The summed E-state index contributed by atoms with van der Waals surface area (Å²) in [7, 11) is 0. The standard InChI is InChI=1S/C11H6Cl3N3O/c12-6-3-4-8(13)17-9(6)11(18)16-7-2-1-5-15-10(7)14/h1-5H,(H,16,18). The number of carbonyl (C=O) groups is 1. The summed E-state index contributed by atoms with van der Waals surface area (Å²) in [6, 6.07) is 6.26. The normalized spacial score (nSPS) is 10.2. The van der Waals surface area contributed by atoms with E-state index in [1.807, 2.05) is 0 Å². The van der Waals surface area contributed by atoms with Gasteiger partial charge < -0.3 is 5.32 Å². The Morgan fingerprint density at radius 3 is 2.67 bits per heavy atom. The highest BCUT2D eigenvalue weighted by Gasteiger charge is 2.14. The number of halogens is 3. The van der Waals surface area contributed by atoms with Crippen molar-refractivity contribution in [3.05, 3.63) is 51.5 Å². The molecule has 0 aromatic carbocycles. The molecule has 0 fully saturated rings. The number of amides is 1. The van der Waals surface area contributed by atoms with Gasteiger partial charge in [-0.15, -0.1) is 0 Å². The lowest BCUT2D eigenvalue weighted by Crippen LogP contribution is -2.14. The van der Waals surface area contributed by atoms with Crippen molar-refractivity contribution in [1.29, 1.82) is 0 Å². The van der Waals surface area contributed by atoms with Crippen molar-refractivity contribution in [2.24, 2.45) is 0 Å². The molecule has 1 amide bonds. The van der Waals surface area contributed by atoms with Gasteiger partial charge in [-0.25, -0.2) is 9.97 Å². The number of pyridine rings is 2. The minimum Gasteiger partial charge on any atom is -0.318 e. The van der Waals surface area contributed by atoms with Crippen molar-refractivity contribution < 1.29 is 4.79 Å². The molecule has 0 saturated heterocycles. The predicted molar refractivity (Wildman–Crippen MR) is 71.5 cm³/mol. The summed E-state index contributed by atoms with van der Waals surface area (Å²) in [6.07, 6.45) is 1.52. The van der Waals surface area contributed by atoms with Gasteiger partial charge in [-0.1, -0.05) is 34.8 Å². The molecule has 0 unspecified atom stereocenters. The molecule has 0 atom stereocenters. The highest BCUT2D eigenvalue weighted by molar-refractivity contribution is 6.36. The fraction of sp³-hybridized carbons (Fsp3) is 0. The maximum absolute atomic E-state index is 11.9. The first-order chi connectivity index (χ1) is 8.58. The van der Waals surface area contributed by atoms with Crippen LogP contribution in [0.3, 0.4) is 0 Å². The molecule has 2 rings (SSSR count). The van der Waals surface area contributed by atoms with E-state index in [1.165, 1.54) is 18.3 Å². The molecule has 18 heavy (non-hydrogen) atoms. The molecule has 2 heterocycles. The average molecular weight is 303 g/mol. The van der Waals surface area contributed by atoms with E-state index >= 15 is 0 Å². The summed E-state index contributed by atoms with van der Waals surface area (Å²) in [4.78, 5) is 19.6. The van der Waals surface area contributed by atoms with E-state index in [0.29, 0.717) is 5.69 Å². The van der Waals surface area contributed by atoms with E-state index in [0.717, 1.165) is 0 Å². The second kappa shape index (κ2) is 5.52. The first kappa shape index (κ1) is 13.1. The molecule has 4 nitrogen and oxygen atoms in total. The van der Waals surface area contributed by atoms with E-state index in [4.69, 9.17) is 34.8 Å². The summed E-state index contributed by atoms with van der Waals surface area (Å²) < 4.78 is 0. The lowest BCUT2D eigenvalue weighted by Gasteiger charge is -2.07. The van der Waals surface area contributed by atoms with Gasteiger partial charge in [0.1, 0.15) is 10.8 Å². The van der Waals surface area contributed by atoms with Crippen LogP contribution in [0.2, 0.25) is 15.3 Å². The molecule has 92 valence electrons. The quantitative estimate of drug-likeness (QED) is 0.861. The first-order valence-corrected chi connectivity index (χ1v) is 5.95. The molecule has 0 aliphatic heterocycles. The van der Waals surface area contributed by atoms with Crippen LogP contribution in [0.15, 0.2) is 30.5 Å². The summed E-state index contributed by atoms with van der Waals surface area (Å²) >= 11 is 17.4. The van der Waals surface area contributed by atoms with E-state index in [9.17, 15) is 4.79 Å². The molecular formula is C11H6Cl3N3O. The highest BCUT2D eigenvalue weighted by atomic mass is 35.5. The van der Waals surface area contributed by atoms with Gasteiger partial charge in [0.25, 0.3) is 5.91 Å². The molecule has 0 spiro atoms. The number of nitrogens with zero attached hydrogens (tertiary/aromatic N) is 2. The largest absolute Gasteiger partial charge is 0.318 e. The lowest BCUT2D eigenvalue weighted by molar-refractivity contribution is 0.102. The fourth-order valence-corrected chi connectivity index (χ4v) is 1.74. The molecule has 7 heteroatoms. The molecule has 0 aliphatic rings. The zero-order chi connectivity index (χ0) is 13.1. The third-order valence-corrected chi connectivity index (χ3v) is 2.85. The van der Waals surface area contributed by atoms with Crippen LogP contribution in [0.25, 0.3) is 0 Å². The number of hydrogen-bond donors (Lipinski definition) is 1. The Bertz CT molecular complexity index is 604. The van der Waals surface area contributed by atoms with Crippen molar-refractivity contribution in [3.8, 4) is 0 Å². The van der Waals surface area contributed by atoms with Crippen LogP contribution in [0.1, 0.15) is 10.5 Å². The number of nitrogens with one attached hydrogen (secondary N) is 1. The van der Waals surface area contributed by atoms with Crippen molar-refractivity contribution in [3.63, 3.8) is 0 Å². The van der Waals surface area contributed by atoms with Gasteiger partial charge in [0, 0.05) is 6.20 Å². The molecule has 2 aromatic heterocycles. The van der Waals surface area contributed by atoms with Crippen molar-refractivity contribution in [1.82, 2.24) is 9.97 Å². The fourth-order valence-electron chi connectivity index (χ4n) is 1.24. The summed E-state index contributed by atoms with van der Waals surface area (Å²) in [5, 5.41) is 3.13. The Labute approximate surface area is 118 Å². The van der Waals surface area contributed by atoms with Crippen LogP contribution in [0.5, 0.6) is 0 Å². The summed E-state index contributed by atoms with van der Waals surface area (Å²) in [5.41, 5.74) is 0.408. The molecule has 1 N–H and O–H groups in total. The Balaban J connectivity index is 2.28. The molecule has 2 aromatic rings. The lowest BCUT2D eigenvalue weighted by atomic mass is 10.3. The van der Waals surface area contributed by atoms with Crippen LogP contribution < -0.4 is 5.32 Å². The van der Waals surface area contributed by atoms with Crippen LogP contribution >= 0.6 is 34.8 Å². The topological polar surface area (TPSA) is 54.9 Å². The zero-order valence-electron chi connectivity index (χ0n) is 8.82. The molecule has 0 aliphatic carbocycles. The van der Waals surface area contributed by atoms with Crippen molar-refractivity contribution in [2.75, 3.05) is 5.32 Å². The summed E-state index contributed by atoms with van der Waals surface area (Å²) in [6.45, 7) is 0. The van der Waals surface area contributed by atoms with Gasteiger partial charge >= 0.3 is 0 Å². The Morgan fingerprint density at radius 1 is 1.17 bits per heavy atom. The van der Waals surface area contributed by atoms with Crippen LogP contribution in [-0.4, -0.2) is 15.9 Å². The van der Waals surface area contributed by atoms with Crippen LogP contribution in [-0.2, 0) is 0 Å². The van der Waals surface area contributed by atoms with Crippen molar-refractivity contribution in [2.45, 2.75) is 0 Å². The molecule has 0 bridgehead atoms. The Kier molecular flexibility index (Phi) is 4.01. The van der Waals surface area contributed by atoms with Gasteiger partial charge in [-0.05, 0) is 24.3 Å². The van der Waals surface area contributed by atoms with E-state index < -0.39 is 5.91 Å². The van der Waals surface area contributed by atoms with Gasteiger partial charge in [-0.3, -0.25) is 4.79 Å². The number of hydrogen-bond acceptors (Lipinski definition) is 3. The second-order valence-electron chi connectivity index (χ2n) is 3.26. The smallest absolute Gasteiger partial charge is 0.275 e. The average Bonchev–Trinajstić information content (AvgIpc) is 2.35. The minimum absolute atomic E-state index is 0.0316. The Morgan fingerprint density at radius 2 is 1.94 bits per heavy atom. The zero-order valence-corrected chi connectivity index (χ0v) is 11.1. The van der Waals surface area contributed by atoms with E-state index in [-0.39, 0.29) is 21.0 Å². The maximum atomic E-state index is 11.9. The third kappa shape index (κ3) is 2.90. The van der Waals surface area contributed by atoms with Gasteiger partial charge in [0.05, 0.1) is 10.7 Å². The molecule has 0 radical (unpaired) electrons. The number of aromatic nitrogens is 2. The SMILES string of the molecule is O=C(Nc1cccnc1Cl)c1nc(Cl)ccc1Cl. The first-order valence-electron chi connectivity index (χ1n) is 4.82. The molecular weight excluding hydrogens is 296 g/mol. The molecule has 0 saturated carbocycles. The van der Waals surface area contributed by atoms with Crippen molar-refractivity contribution >= 4 is 46.4 Å².